The predicted octanol–water partition coefficient (Wildman–Crippen LogP) is 2.37. The number of aliphatic hydroxyl groups is 1. The second-order valence-electron chi connectivity index (χ2n) is 13.8. The Morgan fingerprint density at radius 3 is 2.42 bits per heavy atom. The average molecular weight is 645 g/mol. The van der Waals surface area contributed by atoms with Gasteiger partial charge in [-0.25, -0.2) is 13.2 Å². The van der Waals surface area contributed by atoms with Gasteiger partial charge in [0.15, 0.2) is 0 Å². The number of sulfonamides is 1. The van der Waals surface area contributed by atoms with Crippen molar-refractivity contribution in [3.8, 4) is 0 Å². The van der Waals surface area contributed by atoms with Crippen LogP contribution in [0, 0.1) is 5.92 Å². The Labute approximate surface area is 264 Å². The summed E-state index contributed by atoms with van der Waals surface area (Å²) in [6.07, 6.45) is 7.14. The molecular weight excluding hydrogens is 600 g/mol. The minimum Gasteiger partial charge on any atom is -0.444 e. The summed E-state index contributed by atoms with van der Waals surface area (Å²) in [6.45, 7) is 4.92. The average Bonchev–Trinajstić information content (AvgIpc) is 3.88. The van der Waals surface area contributed by atoms with Crippen molar-refractivity contribution in [2.75, 3.05) is 6.54 Å². The highest BCUT2D eigenvalue weighted by Crippen LogP contribution is 2.46. The van der Waals surface area contributed by atoms with Crippen LogP contribution >= 0.6 is 0 Å². The van der Waals surface area contributed by atoms with Crippen LogP contribution in [-0.2, 0) is 34.7 Å². The number of alkyl carbamates (subject to hydrolysis) is 1. The van der Waals surface area contributed by atoms with Crippen LogP contribution in [0.3, 0.4) is 0 Å². The number of fused-ring (bicyclic) bond motifs is 2. The highest BCUT2D eigenvalue weighted by molar-refractivity contribution is 7.91. The SMILES string of the molecule is CC(C)(C)OC(=O)N[C@H]1CCCCC/C=C\[C@@H]2C[C@@]2(C(=O)NS(=O)(=O)C2CC2)NC(=O)[C@@H]2C[C@@](O)(c3ccccc3)CN2C1=O. The van der Waals surface area contributed by atoms with E-state index in [4.69, 9.17) is 4.74 Å². The number of ether oxygens (including phenoxy) is 1. The normalized spacial score (nSPS) is 31.7. The van der Waals surface area contributed by atoms with E-state index in [0.717, 1.165) is 12.8 Å². The van der Waals surface area contributed by atoms with Gasteiger partial charge in [-0.1, -0.05) is 55.3 Å². The number of carbonyl (C=O) groups is 4. The number of benzene rings is 1. The molecule has 3 fully saturated rings. The smallest absolute Gasteiger partial charge is 0.408 e. The number of rotatable bonds is 5. The lowest BCUT2D eigenvalue weighted by molar-refractivity contribution is -0.141. The van der Waals surface area contributed by atoms with Crippen LogP contribution in [0.2, 0.25) is 0 Å². The van der Waals surface area contributed by atoms with Gasteiger partial charge in [-0.3, -0.25) is 19.1 Å². The van der Waals surface area contributed by atoms with E-state index in [2.05, 4.69) is 15.4 Å². The fraction of sp³-hybridized carbons (Fsp3) is 0.625. The van der Waals surface area contributed by atoms with E-state index >= 15 is 0 Å². The summed E-state index contributed by atoms with van der Waals surface area (Å²) < 4.78 is 33.0. The molecule has 4 amide bonds. The third-order valence-electron chi connectivity index (χ3n) is 8.92. The minimum absolute atomic E-state index is 0.160. The fourth-order valence-corrected chi connectivity index (χ4v) is 7.60. The third kappa shape index (κ3) is 7.51. The van der Waals surface area contributed by atoms with Crippen LogP contribution in [0.1, 0.15) is 84.1 Å². The number of nitrogens with zero attached hydrogens (tertiary/aromatic N) is 1. The monoisotopic (exact) mass is 644 g/mol. The number of amides is 4. The molecule has 0 spiro atoms. The van der Waals surface area contributed by atoms with Gasteiger partial charge in [0.1, 0.15) is 28.8 Å². The first-order valence-corrected chi connectivity index (χ1v) is 17.3. The summed E-state index contributed by atoms with van der Waals surface area (Å²) in [6, 6.07) is 6.49. The van der Waals surface area contributed by atoms with Crippen molar-refractivity contribution >= 4 is 33.8 Å². The van der Waals surface area contributed by atoms with Crippen molar-refractivity contribution in [1.82, 2.24) is 20.3 Å². The molecule has 1 aromatic rings. The Kier molecular flexibility index (Phi) is 9.07. The Hall–Kier alpha value is -3.45. The van der Waals surface area contributed by atoms with Crippen LogP contribution in [0.4, 0.5) is 4.79 Å². The van der Waals surface area contributed by atoms with Crippen molar-refractivity contribution in [2.24, 2.45) is 5.92 Å². The molecule has 5 atom stereocenters. The van der Waals surface area contributed by atoms with Gasteiger partial charge in [-0.2, -0.15) is 0 Å². The molecule has 12 nitrogen and oxygen atoms in total. The maximum atomic E-state index is 14.2. The predicted molar refractivity (Wildman–Crippen MR) is 165 cm³/mol. The summed E-state index contributed by atoms with van der Waals surface area (Å²) in [7, 11) is -3.87. The van der Waals surface area contributed by atoms with Gasteiger partial charge in [0.05, 0.1) is 11.8 Å². The zero-order valence-corrected chi connectivity index (χ0v) is 26.9. The number of carbonyl (C=O) groups excluding carboxylic acids is 4. The highest BCUT2D eigenvalue weighted by atomic mass is 32.2. The summed E-state index contributed by atoms with van der Waals surface area (Å²) in [4.78, 5) is 55.9. The second kappa shape index (κ2) is 12.4. The third-order valence-corrected chi connectivity index (χ3v) is 10.7. The molecule has 4 aliphatic rings. The molecule has 2 aliphatic carbocycles. The zero-order chi connectivity index (χ0) is 32.6. The van der Waals surface area contributed by atoms with E-state index in [1.54, 1.807) is 51.1 Å². The number of hydrogen-bond donors (Lipinski definition) is 4. The standard InChI is InChI=1S/C32H44N4O8S/c1-30(2,3)44-29(40)33-24-15-11-6-4-5-8-14-22-18-32(22,28(39)35-45(42,43)23-16-17-23)34-26(37)25-19-31(41,20-36(25)27(24)38)21-12-9-7-10-13-21/h7-10,12-14,22-25,41H,4-6,11,15-20H2,1-3H3,(H,33,40)(H,34,37)(H,35,39)/b14-8-/t22-,24+,25+,31+,32-/m1/s1. The van der Waals surface area contributed by atoms with Gasteiger partial charge in [0.25, 0.3) is 5.91 Å². The zero-order valence-electron chi connectivity index (χ0n) is 26.1. The van der Waals surface area contributed by atoms with Gasteiger partial charge in [-0.05, 0) is 64.9 Å². The maximum absolute atomic E-state index is 14.2. The molecule has 2 saturated carbocycles. The first-order chi connectivity index (χ1) is 21.1. The van der Waals surface area contributed by atoms with Gasteiger partial charge < -0.3 is 25.4 Å². The van der Waals surface area contributed by atoms with E-state index in [1.165, 1.54) is 4.90 Å². The lowest BCUT2D eigenvalue weighted by Gasteiger charge is -2.30. The van der Waals surface area contributed by atoms with Crippen molar-refractivity contribution in [3.05, 3.63) is 48.0 Å². The van der Waals surface area contributed by atoms with E-state index in [-0.39, 0.29) is 19.4 Å². The van der Waals surface area contributed by atoms with Crippen LogP contribution in [0.5, 0.6) is 0 Å². The van der Waals surface area contributed by atoms with Gasteiger partial charge in [0.2, 0.25) is 21.8 Å². The molecule has 2 aliphatic heterocycles. The largest absolute Gasteiger partial charge is 0.444 e. The van der Waals surface area contributed by atoms with E-state index in [0.29, 0.717) is 37.7 Å². The summed E-state index contributed by atoms with van der Waals surface area (Å²) in [5, 5.41) is 16.7. The first-order valence-electron chi connectivity index (χ1n) is 15.8. The van der Waals surface area contributed by atoms with E-state index in [9.17, 15) is 32.7 Å². The molecule has 246 valence electrons. The Morgan fingerprint density at radius 1 is 1.04 bits per heavy atom. The molecule has 13 heteroatoms. The number of hydrogen-bond acceptors (Lipinski definition) is 8. The Morgan fingerprint density at radius 2 is 1.76 bits per heavy atom. The van der Waals surface area contributed by atoms with Crippen molar-refractivity contribution in [3.63, 3.8) is 0 Å². The van der Waals surface area contributed by atoms with Gasteiger partial charge >= 0.3 is 6.09 Å². The molecule has 1 saturated heterocycles. The van der Waals surface area contributed by atoms with Crippen molar-refractivity contribution < 1.29 is 37.4 Å². The summed E-state index contributed by atoms with van der Waals surface area (Å²) in [5.74, 6) is -2.47. The molecule has 0 unspecified atom stereocenters. The maximum Gasteiger partial charge on any atom is 0.408 e. The van der Waals surface area contributed by atoms with Crippen molar-refractivity contribution in [1.29, 1.82) is 0 Å². The molecule has 2 heterocycles. The first kappa shape index (κ1) is 32.9. The molecule has 45 heavy (non-hydrogen) atoms. The fourth-order valence-electron chi connectivity index (χ4n) is 6.23. The van der Waals surface area contributed by atoms with Gasteiger partial charge in [-0.15, -0.1) is 0 Å². The minimum atomic E-state index is -3.87. The second-order valence-corrected chi connectivity index (χ2v) is 15.8. The summed E-state index contributed by atoms with van der Waals surface area (Å²) >= 11 is 0. The molecule has 0 bridgehead atoms. The van der Waals surface area contributed by atoms with Crippen LogP contribution in [-0.4, -0.2) is 77.3 Å². The molecular formula is C32H44N4O8S. The number of allylic oxidation sites excluding steroid dienone is 1. The quantitative estimate of drug-likeness (QED) is 0.354. The van der Waals surface area contributed by atoms with Crippen LogP contribution in [0.15, 0.2) is 42.5 Å². The van der Waals surface area contributed by atoms with Crippen LogP contribution in [0.25, 0.3) is 0 Å². The number of nitrogens with one attached hydrogen (secondary N) is 3. The molecule has 1 aromatic carbocycles. The molecule has 0 radical (unpaired) electrons. The lowest BCUT2D eigenvalue weighted by Crippen LogP contribution is -2.58. The lowest BCUT2D eigenvalue weighted by atomic mass is 9.91. The Bertz CT molecular complexity index is 1450. The Balaban J connectivity index is 1.47. The topological polar surface area (TPSA) is 171 Å². The molecule has 0 aromatic heterocycles. The van der Waals surface area contributed by atoms with Crippen molar-refractivity contribution in [2.45, 2.75) is 113 Å². The highest BCUT2D eigenvalue weighted by Gasteiger charge is 2.62. The summed E-state index contributed by atoms with van der Waals surface area (Å²) in [5.41, 5.74) is -3.38. The van der Waals surface area contributed by atoms with Gasteiger partial charge in [0, 0.05) is 12.3 Å². The molecule has 4 N–H and O–H groups in total. The van der Waals surface area contributed by atoms with E-state index in [1.807, 2.05) is 12.2 Å². The van der Waals surface area contributed by atoms with E-state index < -0.39 is 73.8 Å². The molecule has 5 rings (SSSR count). The van der Waals surface area contributed by atoms with Crippen LogP contribution < -0.4 is 15.4 Å².